The summed E-state index contributed by atoms with van der Waals surface area (Å²) in [6.45, 7) is 0. The maximum absolute atomic E-state index is 12.2. The number of aromatic nitrogens is 3. The van der Waals surface area contributed by atoms with E-state index in [1.807, 2.05) is 0 Å². The van der Waals surface area contributed by atoms with E-state index in [-0.39, 0.29) is 17.6 Å². The Morgan fingerprint density at radius 1 is 1.55 bits per heavy atom. The summed E-state index contributed by atoms with van der Waals surface area (Å²) in [5.41, 5.74) is 4.78. The van der Waals surface area contributed by atoms with Gasteiger partial charge in [0.2, 0.25) is 17.0 Å². The molecule has 0 unspecified atom stereocenters. The summed E-state index contributed by atoms with van der Waals surface area (Å²) in [5, 5.41) is 16.3. The number of H-pyrrole nitrogens is 1. The van der Waals surface area contributed by atoms with Crippen LogP contribution < -0.4 is 5.73 Å². The Morgan fingerprint density at radius 2 is 2.25 bits per heavy atom. The van der Waals surface area contributed by atoms with Crippen LogP contribution in [0.5, 0.6) is 0 Å². The standard InChI is InChI=1S/C12H18N6OS/c1-18(12(8-13)5-3-2-4-6-12)9(19)7-20-11-15-10(14)16-17-11/h2-7H2,1H3,(H3,14,15,16,17). The first kappa shape index (κ1) is 14.7. The van der Waals surface area contributed by atoms with Crippen molar-refractivity contribution in [2.75, 3.05) is 18.5 Å². The highest BCUT2D eigenvalue weighted by molar-refractivity contribution is 7.99. The van der Waals surface area contributed by atoms with Gasteiger partial charge in [-0.25, -0.2) is 5.10 Å². The van der Waals surface area contributed by atoms with Gasteiger partial charge in [-0.3, -0.25) is 4.79 Å². The normalized spacial score (nSPS) is 17.4. The Morgan fingerprint density at radius 3 is 2.80 bits per heavy atom. The molecule has 1 saturated carbocycles. The predicted molar refractivity (Wildman–Crippen MR) is 75.7 cm³/mol. The average Bonchev–Trinajstić information content (AvgIpc) is 2.90. The van der Waals surface area contributed by atoms with E-state index in [1.165, 1.54) is 11.8 Å². The first-order valence-electron chi connectivity index (χ1n) is 6.56. The second-order valence-electron chi connectivity index (χ2n) is 4.95. The second kappa shape index (κ2) is 6.13. The van der Waals surface area contributed by atoms with Gasteiger partial charge in [-0.1, -0.05) is 31.0 Å². The molecule has 0 spiro atoms. The van der Waals surface area contributed by atoms with Crippen LogP contribution >= 0.6 is 11.8 Å². The third-order valence-electron chi connectivity index (χ3n) is 3.71. The summed E-state index contributed by atoms with van der Waals surface area (Å²) in [6.07, 6.45) is 4.64. The van der Waals surface area contributed by atoms with Gasteiger partial charge in [-0.2, -0.15) is 10.2 Å². The smallest absolute Gasteiger partial charge is 0.234 e. The minimum atomic E-state index is -0.645. The number of nitrogens with one attached hydrogen (secondary N) is 1. The Kier molecular flexibility index (Phi) is 4.49. The fourth-order valence-corrected chi connectivity index (χ4v) is 3.16. The zero-order valence-corrected chi connectivity index (χ0v) is 12.2. The summed E-state index contributed by atoms with van der Waals surface area (Å²) in [7, 11) is 1.71. The second-order valence-corrected chi connectivity index (χ2v) is 5.89. The molecular formula is C12H18N6OS. The molecule has 1 aliphatic carbocycles. The van der Waals surface area contributed by atoms with Crippen LogP contribution in [0.3, 0.4) is 0 Å². The summed E-state index contributed by atoms with van der Waals surface area (Å²) >= 11 is 1.22. The molecule has 0 atom stereocenters. The molecule has 1 amide bonds. The van der Waals surface area contributed by atoms with Crippen molar-refractivity contribution in [3.63, 3.8) is 0 Å². The number of carbonyl (C=O) groups excluding carboxylic acids is 1. The van der Waals surface area contributed by atoms with Crippen molar-refractivity contribution in [3.8, 4) is 6.07 Å². The van der Waals surface area contributed by atoms with Crippen LogP contribution in [0.15, 0.2) is 5.16 Å². The molecule has 1 aromatic rings. The van der Waals surface area contributed by atoms with Gasteiger partial charge in [-0.05, 0) is 12.8 Å². The van der Waals surface area contributed by atoms with Crippen LogP contribution in [0.1, 0.15) is 32.1 Å². The Bertz CT molecular complexity index is 516. The Hall–Kier alpha value is -1.75. The monoisotopic (exact) mass is 294 g/mol. The number of nitriles is 1. The maximum atomic E-state index is 12.2. The van der Waals surface area contributed by atoms with Crippen LogP contribution in [0.25, 0.3) is 0 Å². The summed E-state index contributed by atoms with van der Waals surface area (Å²) in [6, 6.07) is 2.34. The molecule has 2 rings (SSSR count). The van der Waals surface area contributed by atoms with Crippen molar-refractivity contribution in [1.82, 2.24) is 20.1 Å². The van der Waals surface area contributed by atoms with Crippen molar-refractivity contribution >= 4 is 23.6 Å². The molecule has 7 nitrogen and oxygen atoms in total. The molecule has 0 saturated heterocycles. The predicted octanol–water partition coefficient (Wildman–Crippen LogP) is 1.16. The van der Waals surface area contributed by atoms with E-state index in [0.29, 0.717) is 5.16 Å². The molecule has 0 radical (unpaired) electrons. The van der Waals surface area contributed by atoms with Crippen LogP contribution in [-0.2, 0) is 4.79 Å². The largest absolute Gasteiger partial charge is 0.368 e. The van der Waals surface area contributed by atoms with Crippen LogP contribution in [0, 0.1) is 11.3 Å². The number of anilines is 1. The molecule has 0 bridgehead atoms. The van der Waals surface area contributed by atoms with E-state index < -0.39 is 5.54 Å². The number of thioether (sulfide) groups is 1. The fraction of sp³-hybridized carbons (Fsp3) is 0.667. The van der Waals surface area contributed by atoms with Gasteiger partial charge >= 0.3 is 0 Å². The maximum Gasteiger partial charge on any atom is 0.234 e. The first-order valence-corrected chi connectivity index (χ1v) is 7.54. The van der Waals surface area contributed by atoms with E-state index in [0.717, 1.165) is 32.1 Å². The first-order chi connectivity index (χ1) is 9.57. The molecule has 1 fully saturated rings. The highest BCUT2D eigenvalue weighted by Gasteiger charge is 2.38. The average molecular weight is 294 g/mol. The van der Waals surface area contributed by atoms with E-state index in [1.54, 1.807) is 11.9 Å². The minimum Gasteiger partial charge on any atom is -0.368 e. The van der Waals surface area contributed by atoms with Gasteiger partial charge < -0.3 is 10.6 Å². The lowest BCUT2D eigenvalue weighted by molar-refractivity contribution is -0.131. The number of nitrogens with two attached hydrogens (primary N) is 1. The number of amides is 1. The molecule has 0 aromatic carbocycles. The molecule has 0 aliphatic heterocycles. The van der Waals surface area contributed by atoms with Crippen LogP contribution in [-0.4, -0.2) is 44.3 Å². The Balaban J connectivity index is 1.95. The molecule has 20 heavy (non-hydrogen) atoms. The lowest BCUT2D eigenvalue weighted by Gasteiger charge is -2.38. The van der Waals surface area contributed by atoms with Gasteiger partial charge in [0, 0.05) is 7.05 Å². The Labute approximate surface area is 121 Å². The highest BCUT2D eigenvalue weighted by Crippen LogP contribution is 2.32. The minimum absolute atomic E-state index is 0.0816. The van der Waals surface area contributed by atoms with Crippen LogP contribution in [0.4, 0.5) is 5.95 Å². The number of carbonyl (C=O) groups is 1. The number of nitrogen functional groups attached to an aromatic ring is 1. The number of aromatic amines is 1. The van der Waals surface area contributed by atoms with Crippen molar-refractivity contribution < 1.29 is 4.79 Å². The lowest BCUT2D eigenvalue weighted by atomic mass is 9.81. The molecule has 1 aromatic heterocycles. The fourth-order valence-electron chi connectivity index (χ4n) is 2.44. The van der Waals surface area contributed by atoms with Crippen molar-refractivity contribution in [2.24, 2.45) is 0 Å². The molecule has 1 heterocycles. The topological polar surface area (TPSA) is 112 Å². The van der Waals surface area contributed by atoms with Crippen molar-refractivity contribution in [2.45, 2.75) is 42.8 Å². The summed E-state index contributed by atoms with van der Waals surface area (Å²) in [4.78, 5) is 17.8. The number of hydrogen-bond donors (Lipinski definition) is 2. The van der Waals surface area contributed by atoms with E-state index >= 15 is 0 Å². The third-order valence-corrected chi connectivity index (χ3v) is 4.54. The van der Waals surface area contributed by atoms with Gasteiger partial charge in [0.25, 0.3) is 0 Å². The van der Waals surface area contributed by atoms with Crippen molar-refractivity contribution in [1.29, 1.82) is 5.26 Å². The third kappa shape index (κ3) is 3.04. The summed E-state index contributed by atoms with van der Waals surface area (Å²) < 4.78 is 0. The zero-order valence-electron chi connectivity index (χ0n) is 11.4. The van der Waals surface area contributed by atoms with Gasteiger partial charge in [-0.15, -0.1) is 5.10 Å². The van der Waals surface area contributed by atoms with E-state index in [9.17, 15) is 10.1 Å². The molecule has 3 N–H and O–H groups in total. The van der Waals surface area contributed by atoms with Crippen molar-refractivity contribution in [3.05, 3.63) is 0 Å². The van der Waals surface area contributed by atoms with Gasteiger partial charge in [0.15, 0.2) is 0 Å². The molecule has 108 valence electrons. The van der Waals surface area contributed by atoms with E-state index in [4.69, 9.17) is 5.73 Å². The molecule has 8 heteroatoms. The lowest BCUT2D eigenvalue weighted by Crippen LogP contribution is -2.50. The van der Waals surface area contributed by atoms with Crippen LogP contribution in [0.2, 0.25) is 0 Å². The zero-order chi connectivity index (χ0) is 14.6. The quantitative estimate of drug-likeness (QED) is 0.806. The molecular weight excluding hydrogens is 276 g/mol. The van der Waals surface area contributed by atoms with E-state index in [2.05, 4.69) is 21.3 Å². The number of nitrogens with zero attached hydrogens (tertiary/aromatic N) is 4. The van der Waals surface area contributed by atoms with Gasteiger partial charge in [0.1, 0.15) is 5.54 Å². The molecule has 1 aliphatic rings. The number of hydrogen-bond acceptors (Lipinski definition) is 6. The SMILES string of the molecule is CN(C(=O)CSc1n[nH]c(N)n1)C1(C#N)CCCCC1. The van der Waals surface area contributed by atoms with Gasteiger partial charge in [0.05, 0.1) is 11.8 Å². The number of rotatable bonds is 4. The summed E-state index contributed by atoms with van der Waals surface area (Å²) in [5.74, 6) is 0.355. The highest BCUT2D eigenvalue weighted by atomic mass is 32.2.